The van der Waals surface area contributed by atoms with Gasteiger partial charge in [-0.05, 0) is 36.8 Å². The summed E-state index contributed by atoms with van der Waals surface area (Å²) >= 11 is 0. The number of nitrogens with zero attached hydrogens (tertiary/aromatic N) is 5. The van der Waals surface area contributed by atoms with E-state index in [1.54, 1.807) is 0 Å². The van der Waals surface area contributed by atoms with Crippen molar-refractivity contribution in [1.82, 2.24) is 24.1 Å². The van der Waals surface area contributed by atoms with E-state index in [0.29, 0.717) is 6.54 Å². The van der Waals surface area contributed by atoms with Crippen LogP contribution in [0.3, 0.4) is 0 Å². The zero-order valence-corrected chi connectivity index (χ0v) is 15.9. The quantitative estimate of drug-likeness (QED) is 0.560. The zero-order valence-electron chi connectivity index (χ0n) is 15.9. The molecule has 6 nitrogen and oxygen atoms in total. The van der Waals surface area contributed by atoms with Crippen molar-refractivity contribution >= 4 is 5.82 Å². The maximum absolute atomic E-state index is 4.79. The summed E-state index contributed by atoms with van der Waals surface area (Å²) in [6.07, 6.45) is 5.95. The summed E-state index contributed by atoms with van der Waals surface area (Å²) in [7, 11) is 0. The molecule has 0 bridgehead atoms. The first-order valence-electron chi connectivity index (χ1n) is 9.34. The van der Waals surface area contributed by atoms with E-state index < -0.39 is 0 Å². The normalized spacial score (nSPS) is 11.4. The Morgan fingerprint density at radius 2 is 1.89 bits per heavy atom. The fourth-order valence-corrected chi connectivity index (χ4v) is 3.14. The molecule has 0 atom stereocenters. The third kappa shape index (κ3) is 3.43. The Bertz CT molecular complexity index is 1000. The summed E-state index contributed by atoms with van der Waals surface area (Å²) in [5.41, 5.74) is 3.17. The Kier molecular flexibility index (Phi) is 4.62. The number of anilines is 1. The molecule has 0 radical (unpaired) electrons. The maximum atomic E-state index is 4.79. The van der Waals surface area contributed by atoms with E-state index in [0.717, 1.165) is 35.4 Å². The van der Waals surface area contributed by atoms with Crippen molar-refractivity contribution in [3.8, 4) is 17.2 Å². The fourth-order valence-electron chi connectivity index (χ4n) is 3.14. The Labute approximate surface area is 159 Å². The summed E-state index contributed by atoms with van der Waals surface area (Å²) in [5, 5.41) is 3.29. The second-order valence-electron chi connectivity index (χ2n) is 6.92. The third-order valence-corrected chi connectivity index (χ3v) is 4.51. The van der Waals surface area contributed by atoms with Gasteiger partial charge in [0, 0.05) is 30.5 Å². The lowest BCUT2D eigenvalue weighted by atomic mass is 10.2. The van der Waals surface area contributed by atoms with E-state index >= 15 is 0 Å². The molecule has 1 aromatic heterocycles. The highest BCUT2D eigenvalue weighted by atomic mass is 15.2. The summed E-state index contributed by atoms with van der Waals surface area (Å²) < 4.78 is 4.18. The monoisotopic (exact) mass is 360 g/mol. The second kappa shape index (κ2) is 7.23. The van der Waals surface area contributed by atoms with Gasteiger partial charge in [0.1, 0.15) is 5.82 Å². The SMILES string of the molecule is CCNc1ncn(Cc2cccc(-n3cccc3)c2)c2nc(C(C)C)nc1-2. The van der Waals surface area contributed by atoms with Gasteiger partial charge in [0.15, 0.2) is 17.3 Å². The van der Waals surface area contributed by atoms with Gasteiger partial charge in [-0.15, -0.1) is 0 Å². The molecular formula is C21H24N6. The number of benzene rings is 1. The molecule has 138 valence electrons. The Morgan fingerprint density at radius 1 is 1.07 bits per heavy atom. The number of fused-ring (bicyclic) bond motifs is 1. The number of rotatable bonds is 6. The Balaban J connectivity index is 1.72. The van der Waals surface area contributed by atoms with Crippen molar-refractivity contribution in [3.05, 3.63) is 66.5 Å². The average molecular weight is 360 g/mol. The van der Waals surface area contributed by atoms with E-state index in [1.165, 1.54) is 5.56 Å². The molecule has 1 aromatic carbocycles. The number of imidazole rings is 1. The van der Waals surface area contributed by atoms with Crippen LogP contribution < -0.4 is 5.32 Å². The lowest BCUT2D eigenvalue weighted by molar-refractivity contribution is 0.751. The van der Waals surface area contributed by atoms with Gasteiger partial charge in [0.2, 0.25) is 0 Å². The van der Waals surface area contributed by atoms with Crippen molar-refractivity contribution in [1.29, 1.82) is 0 Å². The van der Waals surface area contributed by atoms with Gasteiger partial charge in [-0.2, -0.15) is 0 Å². The summed E-state index contributed by atoms with van der Waals surface area (Å²) in [4.78, 5) is 14.1. The van der Waals surface area contributed by atoms with Crippen molar-refractivity contribution in [2.45, 2.75) is 33.2 Å². The number of aromatic nitrogens is 5. The minimum atomic E-state index is 0.275. The minimum Gasteiger partial charge on any atom is -0.368 e. The summed E-state index contributed by atoms with van der Waals surface area (Å²) in [6, 6.07) is 12.6. The first-order valence-corrected chi connectivity index (χ1v) is 9.34. The molecule has 27 heavy (non-hydrogen) atoms. The van der Waals surface area contributed by atoms with Crippen molar-refractivity contribution in [3.63, 3.8) is 0 Å². The third-order valence-electron chi connectivity index (χ3n) is 4.51. The standard InChI is InChI=1S/C21H24N6/c1-4-22-20-18-21(25-19(24-18)15(2)3)27(14-23-20)13-16-8-7-9-17(12-16)26-10-5-6-11-26/h5-12,14-15,22H,4,13H2,1-3H3. The lowest BCUT2D eigenvalue weighted by Gasteiger charge is -2.14. The molecule has 6 heteroatoms. The number of nitrogens with one attached hydrogen (secondary N) is 1. The van der Waals surface area contributed by atoms with Gasteiger partial charge in [-0.3, -0.25) is 0 Å². The van der Waals surface area contributed by atoms with E-state index in [2.05, 4.69) is 76.9 Å². The van der Waals surface area contributed by atoms with Gasteiger partial charge >= 0.3 is 0 Å². The summed E-state index contributed by atoms with van der Waals surface area (Å²) in [5.74, 6) is 2.80. The molecule has 1 N–H and O–H groups in total. The topological polar surface area (TPSA) is 60.6 Å². The number of hydrogen-bond donors (Lipinski definition) is 1. The van der Waals surface area contributed by atoms with E-state index in [1.807, 2.05) is 18.5 Å². The van der Waals surface area contributed by atoms with E-state index in [9.17, 15) is 0 Å². The van der Waals surface area contributed by atoms with Crippen LogP contribution in [-0.4, -0.2) is 30.6 Å². The molecule has 0 unspecified atom stereocenters. The van der Waals surface area contributed by atoms with Crippen LogP contribution in [-0.2, 0) is 6.54 Å². The Morgan fingerprint density at radius 3 is 2.63 bits per heavy atom. The predicted octanol–water partition coefficient (Wildman–Crippen LogP) is 4.17. The first-order chi connectivity index (χ1) is 13.2. The minimum absolute atomic E-state index is 0.275. The first kappa shape index (κ1) is 17.3. The van der Waals surface area contributed by atoms with Crippen LogP contribution in [0, 0.1) is 0 Å². The molecule has 2 aromatic rings. The van der Waals surface area contributed by atoms with Crippen molar-refractivity contribution in [2.24, 2.45) is 0 Å². The molecule has 0 saturated carbocycles. The van der Waals surface area contributed by atoms with Crippen LogP contribution in [0.4, 0.5) is 5.82 Å². The fraction of sp³-hybridized carbons (Fsp3) is 0.286. The molecule has 4 rings (SSSR count). The highest BCUT2D eigenvalue weighted by molar-refractivity contribution is 5.67. The van der Waals surface area contributed by atoms with E-state index in [4.69, 9.17) is 9.97 Å². The van der Waals surface area contributed by atoms with Crippen LogP contribution in [0.15, 0.2) is 55.1 Å². The van der Waals surface area contributed by atoms with Crippen molar-refractivity contribution in [2.75, 3.05) is 11.9 Å². The van der Waals surface area contributed by atoms with Crippen LogP contribution >= 0.6 is 0 Å². The molecule has 3 heterocycles. The van der Waals surface area contributed by atoms with Crippen LogP contribution in [0.5, 0.6) is 0 Å². The van der Waals surface area contributed by atoms with Crippen molar-refractivity contribution < 1.29 is 0 Å². The molecule has 2 aliphatic heterocycles. The summed E-state index contributed by atoms with van der Waals surface area (Å²) in [6.45, 7) is 7.77. The van der Waals surface area contributed by atoms with Gasteiger partial charge in [-0.25, -0.2) is 15.0 Å². The van der Waals surface area contributed by atoms with Crippen LogP contribution in [0.2, 0.25) is 0 Å². The van der Waals surface area contributed by atoms with Gasteiger partial charge < -0.3 is 14.5 Å². The van der Waals surface area contributed by atoms with Gasteiger partial charge in [0.05, 0.1) is 12.9 Å². The molecule has 0 aliphatic carbocycles. The molecule has 2 aliphatic rings. The Hall–Kier alpha value is -3.15. The van der Waals surface area contributed by atoms with Crippen LogP contribution in [0.1, 0.15) is 38.1 Å². The molecule has 0 amide bonds. The van der Waals surface area contributed by atoms with Crippen LogP contribution in [0.25, 0.3) is 17.2 Å². The molecule has 0 spiro atoms. The smallest absolute Gasteiger partial charge is 0.166 e. The molecule has 0 fully saturated rings. The highest BCUT2D eigenvalue weighted by Gasteiger charge is 2.21. The molecular weight excluding hydrogens is 336 g/mol. The second-order valence-corrected chi connectivity index (χ2v) is 6.92. The predicted molar refractivity (Wildman–Crippen MR) is 108 cm³/mol. The average Bonchev–Trinajstić information content (AvgIpc) is 3.34. The number of hydrogen-bond acceptors (Lipinski definition) is 4. The zero-order chi connectivity index (χ0) is 18.8. The maximum Gasteiger partial charge on any atom is 0.166 e. The molecule has 0 saturated heterocycles. The lowest BCUT2D eigenvalue weighted by Crippen LogP contribution is -2.11. The van der Waals surface area contributed by atoms with Gasteiger partial charge in [0.25, 0.3) is 0 Å². The highest BCUT2D eigenvalue weighted by Crippen LogP contribution is 2.28. The van der Waals surface area contributed by atoms with Gasteiger partial charge in [-0.1, -0.05) is 26.0 Å². The van der Waals surface area contributed by atoms with E-state index in [-0.39, 0.29) is 5.92 Å². The largest absolute Gasteiger partial charge is 0.368 e.